The highest BCUT2D eigenvalue weighted by molar-refractivity contribution is 5.77. The summed E-state index contributed by atoms with van der Waals surface area (Å²) in [4.78, 5) is 16.7. The maximum Gasteiger partial charge on any atom is 0.248 e. The van der Waals surface area contributed by atoms with Gasteiger partial charge < -0.3 is 9.64 Å². The fraction of sp³-hybridized carbons (Fsp3) is 0.474. The number of nitrogens with zero attached hydrogens (tertiary/aromatic N) is 4. The number of carbonyl (C=O) groups is 1. The Labute approximate surface area is 149 Å². The Balaban J connectivity index is 1.42. The minimum absolute atomic E-state index is 0.0818. The van der Waals surface area contributed by atoms with E-state index >= 15 is 0 Å². The Hall–Kier alpha value is -2.18. The summed E-state index contributed by atoms with van der Waals surface area (Å²) in [5.41, 5.74) is 2.29. The summed E-state index contributed by atoms with van der Waals surface area (Å²) in [5.74, 6) is 0.0818. The zero-order valence-corrected chi connectivity index (χ0v) is 14.8. The van der Waals surface area contributed by atoms with Crippen LogP contribution in [-0.2, 0) is 29.7 Å². The maximum absolute atomic E-state index is 12.4. The van der Waals surface area contributed by atoms with Crippen LogP contribution in [0.5, 0.6) is 0 Å². The van der Waals surface area contributed by atoms with E-state index in [0.29, 0.717) is 6.61 Å². The molecule has 0 bridgehead atoms. The van der Waals surface area contributed by atoms with E-state index in [-0.39, 0.29) is 12.5 Å². The Bertz CT molecular complexity index is 671. The third-order valence-corrected chi connectivity index (χ3v) is 4.59. The summed E-state index contributed by atoms with van der Waals surface area (Å²) in [5, 5.41) is 4.22. The molecule has 0 unspecified atom stereocenters. The van der Waals surface area contributed by atoms with Crippen molar-refractivity contribution in [1.29, 1.82) is 0 Å². The van der Waals surface area contributed by atoms with Crippen LogP contribution in [0.15, 0.2) is 42.6 Å². The van der Waals surface area contributed by atoms with Crippen molar-refractivity contribution in [3.8, 4) is 0 Å². The zero-order valence-electron chi connectivity index (χ0n) is 14.8. The molecule has 0 atom stereocenters. The van der Waals surface area contributed by atoms with Crippen LogP contribution in [0.3, 0.4) is 0 Å². The van der Waals surface area contributed by atoms with Crippen molar-refractivity contribution in [1.82, 2.24) is 19.6 Å². The largest absolute Gasteiger partial charge is 0.367 e. The lowest BCUT2D eigenvalue weighted by atomic mass is 10.2. The van der Waals surface area contributed by atoms with Crippen molar-refractivity contribution in [2.45, 2.75) is 19.6 Å². The lowest BCUT2D eigenvalue weighted by Gasteiger charge is -2.22. The van der Waals surface area contributed by atoms with E-state index in [0.717, 1.165) is 44.7 Å². The molecule has 2 aromatic rings. The third kappa shape index (κ3) is 5.14. The number of benzene rings is 1. The van der Waals surface area contributed by atoms with Crippen molar-refractivity contribution in [3.63, 3.8) is 0 Å². The molecule has 25 heavy (non-hydrogen) atoms. The Morgan fingerprint density at radius 2 is 1.96 bits per heavy atom. The average Bonchev–Trinajstić information content (AvgIpc) is 2.89. The highest BCUT2D eigenvalue weighted by Gasteiger charge is 2.19. The molecule has 6 heteroatoms. The van der Waals surface area contributed by atoms with Gasteiger partial charge >= 0.3 is 0 Å². The second kappa shape index (κ2) is 8.78. The van der Waals surface area contributed by atoms with Crippen molar-refractivity contribution >= 4 is 5.91 Å². The molecular formula is C19H26N4O2. The van der Waals surface area contributed by atoms with Gasteiger partial charge in [0.1, 0.15) is 6.61 Å². The number of ether oxygens (including phenoxy) is 1. The summed E-state index contributed by atoms with van der Waals surface area (Å²) >= 11 is 0. The van der Waals surface area contributed by atoms with Crippen LogP contribution in [0.1, 0.15) is 17.7 Å². The summed E-state index contributed by atoms with van der Waals surface area (Å²) in [7, 11) is 1.97. The van der Waals surface area contributed by atoms with Gasteiger partial charge in [-0.05, 0) is 18.1 Å². The first-order valence-electron chi connectivity index (χ1n) is 8.81. The number of aryl methyl sites for hydroxylation is 1. The minimum Gasteiger partial charge on any atom is -0.367 e. The second-order valence-electron chi connectivity index (χ2n) is 6.44. The molecule has 1 aromatic heterocycles. The summed E-state index contributed by atoms with van der Waals surface area (Å²) in [6.45, 7) is 4.95. The molecule has 0 aliphatic carbocycles. The molecule has 6 nitrogen and oxygen atoms in total. The Morgan fingerprint density at radius 3 is 2.72 bits per heavy atom. The summed E-state index contributed by atoms with van der Waals surface area (Å²) < 4.78 is 7.49. The quantitative estimate of drug-likeness (QED) is 0.801. The van der Waals surface area contributed by atoms with E-state index in [2.05, 4.69) is 10.00 Å². The molecular weight excluding hydrogens is 316 g/mol. The monoisotopic (exact) mass is 342 g/mol. The van der Waals surface area contributed by atoms with E-state index in [1.165, 1.54) is 5.69 Å². The predicted octanol–water partition coefficient (Wildman–Crippen LogP) is 1.67. The normalized spacial score (nSPS) is 16.0. The van der Waals surface area contributed by atoms with Crippen LogP contribution in [0.2, 0.25) is 0 Å². The van der Waals surface area contributed by atoms with Gasteiger partial charge in [0.05, 0.1) is 12.3 Å². The second-order valence-corrected chi connectivity index (χ2v) is 6.44. The van der Waals surface area contributed by atoms with Gasteiger partial charge in [0.15, 0.2) is 0 Å². The fourth-order valence-electron chi connectivity index (χ4n) is 3.09. The highest BCUT2D eigenvalue weighted by atomic mass is 16.5. The van der Waals surface area contributed by atoms with Gasteiger partial charge in [-0.1, -0.05) is 30.3 Å². The van der Waals surface area contributed by atoms with Crippen molar-refractivity contribution in [2.24, 2.45) is 7.05 Å². The third-order valence-electron chi connectivity index (χ3n) is 4.59. The van der Waals surface area contributed by atoms with Crippen LogP contribution >= 0.6 is 0 Å². The molecule has 1 amide bonds. The van der Waals surface area contributed by atoms with Gasteiger partial charge in [-0.3, -0.25) is 14.4 Å². The average molecular weight is 342 g/mol. The van der Waals surface area contributed by atoms with Crippen LogP contribution in [-0.4, -0.2) is 58.3 Å². The molecule has 0 spiro atoms. The number of amides is 1. The first-order chi connectivity index (χ1) is 12.2. The minimum atomic E-state index is 0.0818. The number of carbonyl (C=O) groups excluding carboxylic acids is 1. The topological polar surface area (TPSA) is 50.6 Å². The number of hydrogen-bond donors (Lipinski definition) is 0. The maximum atomic E-state index is 12.4. The molecule has 1 saturated heterocycles. The highest BCUT2D eigenvalue weighted by Crippen LogP contribution is 2.09. The van der Waals surface area contributed by atoms with Crippen LogP contribution < -0.4 is 0 Å². The fourth-order valence-corrected chi connectivity index (χ4v) is 3.09. The molecule has 1 aromatic carbocycles. The molecule has 3 rings (SSSR count). The van der Waals surface area contributed by atoms with Crippen LogP contribution in [0.25, 0.3) is 0 Å². The van der Waals surface area contributed by atoms with E-state index in [9.17, 15) is 4.79 Å². The molecule has 0 N–H and O–H groups in total. The van der Waals surface area contributed by atoms with E-state index in [1.807, 2.05) is 59.2 Å². The van der Waals surface area contributed by atoms with Gasteiger partial charge in [0, 0.05) is 46.0 Å². The van der Waals surface area contributed by atoms with Crippen molar-refractivity contribution in [3.05, 3.63) is 53.9 Å². The van der Waals surface area contributed by atoms with E-state index in [4.69, 9.17) is 4.74 Å². The molecule has 0 radical (unpaired) electrons. The van der Waals surface area contributed by atoms with Gasteiger partial charge in [-0.2, -0.15) is 5.10 Å². The number of rotatable bonds is 6. The first kappa shape index (κ1) is 17.6. The van der Waals surface area contributed by atoms with Gasteiger partial charge in [-0.25, -0.2) is 0 Å². The van der Waals surface area contributed by atoms with Crippen LogP contribution in [0.4, 0.5) is 0 Å². The molecule has 2 heterocycles. The molecule has 134 valence electrons. The molecule has 1 aliphatic heterocycles. The summed E-state index contributed by atoms with van der Waals surface area (Å²) in [6, 6.07) is 12.0. The molecule has 1 fully saturated rings. The Kier molecular flexibility index (Phi) is 6.19. The predicted molar refractivity (Wildman–Crippen MR) is 95.8 cm³/mol. The standard InChI is InChI=1S/C19H26N4O2/c1-21-18(8-9-20-21)14-22-10-5-11-23(13-12-22)19(24)16-25-15-17-6-3-2-4-7-17/h2-4,6-9H,5,10-16H2,1H3. The van der Waals surface area contributed by atoms with E-state index in [1.54, 1.807) is 0 Å². The zero-order chi connectivity index (χ0) is 17.5. The lowest BCUT2D eigenvalue weighted by Crippen LogP contribution is -2.37. The summed E-state index contributed by atoms with van der Waals surface area (Å²) in [6.07, 6.45) is 2.81. The molecule has 1 aliphatic rings. The van der Waals surface area contributed by atoms with Gasteiger partial charge in [0.2, 0.25) is 5.91 Å². The smallest absolute Gasteiger partial charge is 0.248 e. The van der Waals surface area contributed by atoms with E-state index < -0.39 is 0 Å². The number of hydrogen-bond acceptors (Lipinski definition) is 4. The molecule has 0 saturated carbocycles. The van der Waals surface area contributed by atoms with Gasteiger partial charge in [-0.15, -0.1) is 0 Å². The SMILES string of the molecule is Cn1nccc1CN1CCCN(C(=O)COCc2ccccc2)CC1. The van der Waals surface area contributed by atoms with Crippen LogP contribution in [0, 0.1) is 0 Å². The lowest BCUT2D eigenvalue weighted by molar-refractivity contribution is -0.136. The first-order valence-corrected chi connectivity index (χ1v) is 8.81. The van der Waals surface area contributed by atoms with Crippen molar-refractivity contribution in [2.75, 3.05) is 32.8 Å². The van der Waals surface area contributed by atoms with Crippen molar-refractivity contribution < 1.29 is 9.53 Å². The van der Waals surface area contributed by atoms with Gasteiger partial charge in [0.25, 0.3) is 0 Å². The Morgan fingerprint density at radius 1 is 1.12 bits per heavy atom. The number of aromatic nitrogens is 2.